The summed E-state index contributed by atoms with van der Waals surface area (Å²) in [6, 6.07) is 10.8. The van der Waals surface area contributed by atoms with Crippen LogP contribution in [0.25, 0.3) is 10.9 Å². The third-order valence-electron chi connectivity index (χ3n) is 3.55. The highest BCUT2D eigenvalue weighted by molar-refractivity contribution is 6.35. The summed E-state index contributed by atoms with van der Waals surface area (Å²) in [5.41, 5.74) is 0.993. The normalized spacial score (nSPS) is 18.2. The number of carbonyl (C=O) groups is 1. The van der Waals surface area contributed by atoms with Crippen molar-refractivity contribution in [3.05, 3.63) is 41.0 Å². The molecule has 0 radical (unpaired) electrons. The van der Waals surface area contributed by atoms with Gasteiger partial charge in [0.05, 0.1) is 16.6 Å². The molecule has 20 heavy (non-hydrogen) atoms. The molecular formula is C15H12ClN3O. The van der Waals surface area contributed by atoms with E-state index in [1.807, 2.05) is 24.3 Å². The predicted octanol–water partition coefficient (Wildman–Crippen LogP) is 3.02. The lowest BCUT2D eigenvalue weighted by molar-refractivity contribution is 0.0759. The molecule has 0 saturated carbocycles. The second-order valence-electron chi connectivity index (χ2n) is 4.79. The van der Waals surface area contributed by atoms with E-state index in [0.29, 0.717) is 22.8 Å². The number of amides is 1. The second kappa shape index (κ2) is 5.10. The largest absolute Gasteiger partial charge is 0.321 e. The molecule has 3 rings (SSSR count). The quantitative estimate of drug-likeness (QED) is 0.809. The number of hydrogen-bond acceptors (Lipinski definition) is 3. The molecule has 4 nitrogen and oxygen atoms in total. The minimum atomic E-state index is -0.352. The number of nitriles is 1. The van der Waals surface area contributed by atoms with E-state index in [4.69, 9.17) is 16.9 Å². The van der Waals surface area contributed by atoms with Crippen LogP contribution in [0.15, 0.2) is 30.3 Å². The topological polar surface area (TPSA) is 57.0 Å². The summed E-state index contributed by atoms with van der Waals surface area (Å²) >= 11 is 6.21. The Morgan fingerprint density at radius 2 is 2.25 bits per heavy atom. The van der Waals surface area contributed by atoms with Crippen molar-refractivity contribution in [3.63, 3.8) is 0 Å². The Hall–Kier alpha value is -2.12. The number of carbonyl (C=O) groups excluding carboxylic acids is 1. The molecule has 0 aliphatic carbocycles. The van der Waals surface area contributed by atoms with Gasteiger partial charge in [-0.3, -0.25) is 4.79 Å². The number of hydrogen-bond donors (Lipinski definition) is 0. The molecule has 5 heteroatoms. The second-order valence-corrected chi connectivity index (χ2v) is 5.20. The van der Waals surface area contributed by atoms with Crippen molar-refractivity contribution < 1.29 is 4.79 Å². The standard InChI is InChI=1S/C15H12ClN3O/c16-12-8-14(18-13-6-2-1-5-11(12)13)15(20)19-7-3-4-10(19)9-17/h1-2,5-6,8,10H,3-4,7H2. The minimum absolute atomic E-state index is 0.221. The van der Waals surface area contributed by atoms with Crippen LogP contribution in [0.1, 0.15) is 23.3 Å². The van der Waals surface area contributed by atoms with Crippen LogP contribution in [0.5, 0.6) is 0 Å². The number of fused-ring (bicyclic) bond motifs is 1. The zero-order valence-electron chi connectivity index (χ0n) is 10.7. The molecule has 1 saturated heterocycles. The van der Waals surface area contributed by atoms with E-state index in [1.54, 1.807) is 11.0 Å². The van der Waals surface area contributed by atoms with Gasteiger partial charge >= 0.3 is 0 Å². The van der Waals surface area contributed by atoms with Crippen molar-refractivity contribution in [1.29, 1.82) is 5.26 Å². The molecule has 0 spiro atoms. The van der Waals surface area contributed by atoms with Crippen LogP contribution < -0.4 is 0 Å². The van der Waals surface area contributed by atoms with Gasteiger partial charge in [-0.2, -0.15) is 5.26 Å². The maximum atomic E-state index is 12.5. The fraction of sp³-hybridized carbons (Fsp3) is 0.267. The molecule has 0 bridgehead atoms. The van der Waals surface area contributed by atoms with Gasteiger partial charge in [0.1, 0.15) is 11.7 Å². The van der Waals surface area contributed by atoms with Gasteiger partial charge in [0.15, 0.2) is 0 Å². The molecule has 1 unspecified atom stereocenters. The number of para-hydroxylation sites is 1. The monoisotopic (exact) mass is 285 g/mol. The lowest BCUT2D eigenvalue weighted by atomic mass is 10.2. The Morgan fingerprint density at radius 1 is 1.45 bits per heavy atom. The highest BCUT2D eigenvalue weighted by Crippen LogP contribution is 2.25. The Kier molecular flexibility index (Phi) is 3.29. The van der Waals surface area contributed by atoms with Gasteiger partial charge < -0.3 is 4.90 Å². The van der Waals surface area contributed by atoms with Crippen LogP contribution in [-0.2, 0) is 0 Å². The summed E-state index contributed by atoms with van der Waals surface area (Å²) in [7, 11) is 0. The van der Waals surface area contributed by atoms with Crippen molar-refractivity contribution >= 4 is 28.4 Å². The van der Waals surface area contributed by atoms with E-state index in [0.717, 1.165) is 18.2 Å². The molecule has 1 aliphatic rings. The minimum Gasteiger partial charge on any atom is -0.321 e. The van der Waals surface area contributed by atoms with E-state index in [-0.39, 0.29) is 11.9 Å². The highest BCUT2D eigenvalue weighted by Gasteiger charge is 2.30. The summed E-state index contributed by atoms with van der Waals surface area (Å²) in [6.07, 6.45) is 1.58. The van der Waals surface area contributed by atoms with Crippen LogP contribution >= 0.6 is 11.6 Å². The lowest BCUT2D eigenvalue weighted by Crippen LogP contribution is -2.35. The van der Waals surface area contributed by atoms with Gasteiger partial charge in [0, 0.05) is 11.9 Å². The summed E-state index contributed by atoms with van der Waals surface area (Å²) < 4.78 is 0. The lowest BCUT2D eigenvalue weighted by Gasteiger charge is -2.19. The summed E-state index contributed by atoms with van der Waals surface area (Å²) in [4.78, 5) is 18.4. The van der Waals surface area contributed by atoms with Crippen molar-refractivity contribution in [3.8, 4) is 6.07 Å². The summed E-state index contributed by atoms with van der Waals surface area (Å²) in [6.45, 7) is 0.600. The van der Waals surface area contributed by atoms with Crippen molar-refractivity contribution in [2.24, 2.45) is 0 Å². The molecule has 1 aromatic heterocycles. The van der Waals surface area contributed by atoms with Crippen LogP contribution in [-0.4, -0.2) is 28.4 Å². The smallest absolute Gasteiger partial charge is 0.273 e. The maximum absolute atomic E-state index is 12.5. The molecule has 1 aromatic carbocycles. The van der Waals surface area contributed by atoms with E-state index in [1.165, 1.54) is 0 Å². The Morgan fingerprint density at radius 3 is 3.05 bits per heavy atom. The van der Waals surface area contributed by atoms with Crippen LogP contribution in [0, 0.1) is 11.3 Å². The van der Waals surface area contributed by atoms with Gasteiger partial charge in [-0.05, 0) is 25.0 Å². The van der Waals surface area contributed by atoms with Crippen LogP contribution in [0.2, 0.25) is 5.02 Å². The summed E-state index contributed by atoms with van der Waals surface area (Å²) in [5, 5.41) is 10.4. The zero-order chi connectivity index (χ0) is 14.1. The highest BCUT2D eigenvalue weighted by atomic mass is 35.5. The first-order chi connectivity index (χ1) is 9.70. The fourth-order valence-corrected chi connectivity index (χ4v) is 2.80. The molecule has 0 N–H and O–H groups in total. The van der Waals surface area contributed by atoms with Crippen LogP contribution in [0.3, 0.4) is 0 Å². The molecule has 2 aromatic rings. The Bertz CT molecular complexity index is 723. The number of nitrogens with zero attached hydrogens (tertiary/aromatic N) is 3. The number of pyridine rings is 1. The first-order valence-electron chi connectivity index (χ1n) is 6.46. The molecule has 1 fully saturated rings. The third kappa shape index (κ3) is 2.10. The van der Waals surface area contributed by atoms with Crippen molar-refractivity contribution in [1.82, 2.24) is 9.88 Å². The van der Waals surface area contributed by atoms with Gasteiger partial charge in [-0.1, -0.05) is 29.8 Å². The maximum Gasteiger partial charge on any atom is 0.273 e. The summed E-state index contributed by atoms with van der Waals surface area (Å²) in [5.74, 6) is -0.221. The van der Waals surface area contributed by atoms with E-state index in [9.17, 15) is 4.79 Å². The molecule has 2 heterocycles. The predicted molar refractivity (Wildman–Crippen MR) is 76.4 cm³/mol. The Balaban J connectivity index is 2.02. The van der Waals surface area contributed by atoms with E-state index < -0.39 is 0 Å². The first-order valence-corrected chi connectivity index (χ1v) is 6.84. The van der Waals surface area contributed by atoms with Crippen molar-refractivity contribution in [2.45, 2.75) is 18.9 Å². The number of aromatic nitrogens is 1. The fourth-order valence-electron chi connectivity index (χ4n) is 2.53. The Labute approximate surface area is 121 Å². The molecule has 1 amide bonds. The average molecular weight is 286 g/mol. The first kappa shape index (κ1) is 12.9. The van der Waals surface area contributed by atoms with Crippen molar-refractivity contribution in [2.75, 3.05) is 6.54 Å². The molecule has 100 valence electrons. The third-order valence-corrected chi connectivity index (χ3v) is 3.86. The van der Waals surface area contributed by atoms with Gasteiger partial charge in [-0.15, -0.1) is 0 Å². The van der Waals surface area contributed by atoms with E-state index in [2.05, 4.69) is 11.1 Å². The number of benzene rings is 1. The van der Waals surface area contributed by atoms with Gasteiger partial charge in [0.25, 0.3) is 5.91 Å². The zero-order valence-corrected chi connectivity index (χ0v) is 11.5. The molecule has 1 atom stereocenters. The number of likely N-dealkylation sites (tertiary alicyclic amines) is 1. The van der Waals surface area contributed by atoms with Gasteiger partial charge in [0.2, 0.25) is 0 Å². The van der Waals surface area contributed by atoms with Crippen LogP contribution in [0.4, 0.5) is 0 Å². The SMILES string of the molecule is N#CC1CCCN1C(=O)c1cc(Cl)c2ccccc2n1. The molecule has 1 aliphatic heterocycles. The van der Waals surface area contributed by atoms with E-state index >= 15 is 0 Å². The van der Waals surface area contributed by atoms with Gasteiger partial charge in [-0.25, -0.2) is 4.98 Å². The number of halogens is 1. The molecular weight excluding hydrogens is 274 g/mol. The number of rotatable bonds is 1. The average Bonchev–Trinajstić information content (AvgIpc) is 2.95.